The van der Waals surface area contributed by atoms with E-state index < -0.39 is 11.7 Å². The Morgan fingerprint density at radius 1 is 1.12 bits per heavy atom. The number of nitrogens with zero attached hydrogens (tertiary/aromatic N) is 1. The number of anilines is 1. The molecule has 4 aliphatic heterocycles. The Balaban J connectivity index is 0.00000368. The minimum Gasteiger partial charge on any atom is -1.00 e. The molecule has 4 fully saturated rings. The number of phenolic OH excluding ortho intramolecular Hbond substituents is 1. The van der Waals surface area contributed by atoms with E-state index in [-0.39, 0.29) is 47.3 Å². The summed E-state index contributed by atoms with van der Waals surface area (Å²) in [5.41, 5.74) is 0.903. The number of ether oxygens (including phenoxy) is 2. The molecule has 3 atom stereocenters. The van der Waals surface area contributed by atoms with E-state index in [9.17, 15) is 20.1 Å². The maximum Gasteiger partial charge on any atom is 0.262 e. The number of rotatable bonds is 12. The number of aliphatic hydroxyl groups is 2. The van der Waals surface area contributed by atoms with Crippen LogP contribution in [0.4, 0.5) is 5.69 Å². The number of nitrogens with one attached hydrogen (secondary N) is 2. The summed E-state index contributed by atoms with van der Waals surface area (Å²) >= 11 is 0. The highest BCUT2D eigenvalue weighted by Gasteiger charge is 2.48. The van der Waals surface area contributed by atoms with Crippen molar-refractivity contribution < 1.29 is 51.1 Å². The van der Waals surface area contributed by atoms with Gasteiger partial charge in [-0.25, -0.2) is 0 Å². The van der Waals surface area contributed by atoms with Crippen molar-refractivity contribution in [2.75, 3.05) is 57.8 Å². The second kappa shape index (κ2) is 13.8. The first kappa shape index (κ1) is 32.2. The molecule has 1 aliphatic carbocycles. The van der Waals surface area contributed by atoms with Gasteiger partial charge in [-0.15, -0.1) is 0 Å². The minimum absolute atomic E-state index is 0. The fourth-order valence-electron chi connectivity index (χ4n) is 7.87. The van der Waals surface area contributed by atoms with Gasteiger partial charge in [0.2, 0.25) is 0 Å². The number of amides is 1. The van der Waals surface area contributed by atoms with Gasteiger partial charge in [0, 0.05) is 49.9 Å². The van der Waals surface area contributed by atoms with Crippen LogP contribution in [0.25, 0.3) is 0 Å². The second-order valence-corrected chi connectivity index (χ2v) is 13.0. The maximum atomic E-state index is 12.0. The number of quaternary nitrogens is 1. The average Bonchev–Trinajstić information content (AvgIpc) is 3.56. The standard InChI is InChI=1S/C33H45N3O6.BrH/c37-26-17-27(32-28(18-26)35-31(39)21-41-32)29(38)19-34-13-6-14-36-15-11-23(12-16-36)30(20-36)42-22-33(40,25-9-4-5-10-25)24-7-2-1-3-8-24;/h1-3,7-8,17-18,23,25,29-30,34,38,40H,4-6,9-16,19-22H2,(H-,35,37,39);1H/t23?,29-,30-,33+,36?;/m0./s1. The van der Waals surface area contributed by atoms with Crippen LogP contribution in [0.15, 0.2) is 42.5 Å². The van der Waals surface area contributed by atoms with Crippen LogP contribution in [0, 0.1) is 11.8 Å². The molecule has 3 saturated heterocycles. The number of carbonyl (C=O) groups is 1. The van der Waals surface area contributed by atoms with Crippen molar-refractivity contribution in [1.82, 2.24) is 5.32 Å². The number of hydrogen-bond donors (Lipinski definition) is 5. The lowest BCUT2D eigenvalue weighted by molar-refractivity contribution is -0.946. The molecule has 9 nitrogen and oxygen atoms in total. The largest absolute Gasteiger partial charge is 1.00 e. The van der Waals surface area contributed by atoms with Crippen molar-refractivity contribution in [2.45, 2.75) is 62.8 Å². The van der Waals surface area contributed by atoms with Crippen LogP contribution < -0.4 is 32.4 Å². The summed E-state index contributed by atoms with van der Waals surface area (Å²) in [7, 11) is 0. The molecule has 0 unspecified atom stereocenters. The van der Waals surface area contributed by atoms with E-state index in [4.69, 9.17) is 9.47 Å². The first-order valence-corrected chi connectivity index (χ1v) is 15.8. The number of hydrogen-bond acceptors (Lipinski definition) is 7. The second-order valence-electron chi connectivity index (χ2n) is 13.0. The van der Waals surface area contributed by atoms with E-state index in [1.807, 2.05) is 18.2 Å². The van der Waals surface area contributed by atoms with Crippen LogP contribution in [0.3, 0.4) is 0 Å². The van der Waals surface area contributed by atoms with E-state index in [0.29, 0.717) is 36.1 Å². The van der Waals surface area contributed by atoms with Gasteiger partial charge in [0.05, 0.1) is 38.0 Å². The summed E-state index contributed by atoms with van der Waals surface area (Å²) in [6, 6.07) is 13.1. The Bertz CT molecular complexity index is 1230. The van der Waals surface area contributed by atoms with Gasteiger partial charge in [0.15, 0.2) is 6.61 Å². The molecule has 5 aliphatic rings. The molecular weight excluding hydrogens is 614 g/mol. The quantitative estimate of drug-likeness (QED) is 0.166. The molecule has 2 bridgehead atoms. The lowest BCUT2D eigenvalue weighted by Crippen LogP contribution is -3.00. The number of halogens is 1. The molecule has 5 N–H and O–H groups in total. The molecule has 0 radical (unpaired) electrons. The van der Waals surface area contributed by atoms with E-state index in [0.717, 1.165) is 48.9 Å². The first-order chi connectivity index (χ1) is 20.4. The molecule has 1 saturated carbocycles. The van der Waals surface area contributed by atoms with Crippen molar-refractivity contribution in [1.29, 1.82) is 0 Å². The Kier molecular flexibility index (Phi) is 10.4. The van der Waals surface area contributed by atoms with Gasteiger partial charge in [0.25, 0.3) is 5.91 Å². The molecule has 2 aromatic rings. The third-order valence-electron chi connectivity index (χ3n) is 10.3. The summed E-state index contributed by atoms with van der Waals surface area (Å²) in [5, 5.41) is 38.9. The Hall–Kier alpha value is -2.21. The zero-order valence-electron chi connectivity index (χ0n) is 24.8. The number of aromatic hydroxyl groups is 1. The fraction of sp³-hybridized carbons (Fsp3) is 0.606. The molecule has 4 heterocycles. The van der Waals surface area contributed by atoms with Crippen LogP contribution in [-0.4, -0.2) is 84.3 Å². The lowest BCUT2D eigenvalue weighted by atomic mass is 9.80. The summed E-state index contributed by atoms with van der Waals surface area (Å²) < 4.78 is 13.3. The van der Waals surface area contributed by atoms with E-state index in [1.54, 1.807) is 0 Å². The smallest absolute Gasteiger partial charge is 0.262 e. The Labute approximate surface area is 264 Å². The highest BCUT2D eigenvalue weighted by atomic mass is 79.9. The van der Waals surface area contributed by atoms with Gasteiger partial charge in [-0.1, -0.05) is 43.2 Å². The summed E-state index contributed by atoms with van der Waals surface area (Å²) in [5.74, 6) is 0.923. The SMILES string of the molecule is O=C1COc2c(cc(O)cc2[C@@H](O)CNCCC[N+]23CCC(CC2)[C@@H](OC[C@@](O)(c2ccccc2)C2CCCC2)C3)N1.[Br-]. The van der Waals surface area contributed by atoms with Gasteiger partial charge in [-0.3, -0.25) is 4.79 Å². The molecule has 2 aromatic carbocycles. The van der Waals surface area contributed by atoms with Gasteiger partial charge in [0.1, 0.15) is 29.7 Å². The normalized spacial score (nSPS) is 27.0. The van der Waals surface area contributed by atoms with Crippen LogP contribution >= 0.6 is 0 Å². The lowest BCUT2D eigenvalue weighted by Gasteiger charge is -2.53. The van der Waals surface area contributed by atoms with E-state index in [2.05, 4.69) is 22.8 Å². The van der Waals surface area contributed by atoms with Crippen LogP contribution in [0.2, 0.25) is 0 Å². The third kappa shape index (κ3) is 7.05. The van der Waals surface area contributed by atoms with Crippen molar-refractivity contribution >= 4 is 11.6 Å². The Morgan fingerprint density at radius 2 is 1.86 bits per heavy atom. The molecule has 1 amide bonds. The molecule has 7 rings (SSSR count). The number of benzene rings is 2. The molecule has 43 heavy (non-hydrogen) atoms. The predicted octanol–water partition coefficient (Wildman–Crippen LogP) is 0.444. The van der Waals surface area contributed by atoms with Gasteiger partial charge in [-0.05, 0) is 30.4 Å². The number of phenols is 1. The summed E-state index contributed by atoms with van der Waals surface area (Å²) in [4.78, 5) is 11.6. The fourth-order valence-corrected chi connectivity index (χ4v) is 7.87. The topological polar surface area (TPSA) is 120 Å². The molecule has 236 valence electrons. The van der Waals surface area contributed by atoms with Crippen LogP contribution in [-0.2, 0) is 15.1 Å². The van der Waals surface area contributed by atoms with Crippen molar-refractivity contribution in [3.05, 3.63) is 53.6 Å². The van der Waals surface area contributed by atoms with E-state index >= 15 is 0 Å². The number of fused-ring (bicyclic) bond motifs is 4. The van der Waals surface area contributed by atoms with Crippen molar-refractivity contribution in [2.24, 2.45) is 11.8 Å². The zero-order chi connectivity index (χ0) is 29.2. The molecular formula is C33H46BrN3O6. The maximum absolute atomic E-state index is 12.0. The van der Waals surface area contributed by atoms with Crippen molar-refractivity contribution in [3.63, 3.8) is 0 Å². The molecule has 0 spiro atoms. The summed E-state index contributed by atoms with van der Waals surface area (Å²) in [6.07, 6.45) is 7.09. The highest BCUT2D eigenvalue weighted by molar-refractivity contribution is 5.96. The first-order valence-electron chi connectivity index (χ1n) is 15.8. The number of piperidine rings is 3. The summed E-state index contributed by atoms with van der Waals surface area (Å²) in [6.45, 7) is 5.75. The highest BCUT2D eigenvalue weighted by Crippen LogP contribution is 2.43. The predicted molar refractivity (Wildman–Crippen MR) is 159 cm³/mol. The minimum atomic E-state index is -0.926. The van der Waals surface area contributed by atoms with Gasteiger partial charge in [-0.2, -0.15) is 0 Å². The monoisotopic (exact) mass is 659 g/mol. The van der Waals surface area contributed by atoms with Gasteiger partial charge < -0.3 is 56.9 Å². The molecule has 10 heteroatoms. The average molecular weight is 661 g/mol. The Morgan fingerprint density at radius 3 is 2.60 bits per heavy atom. The number of carbonyl (C=O) groups excluding carboxylic acids is 1. The zero-order valence-corrected chi connectivity index (χ0v) is 26.4. The van der Waals surface area contributed by atoms with Crippen LogP contribution in [0.5, 0.6) is 11.5 Å². The number of aliphatic hydroxyl groups excluding tert-OH is 1. The van der Waals surface area contributed by atoms with Gasteiger partial charge >= 0.3 is 0 Å². The third-order valence-corrected chi connectivity index (χ3v) is 10.3. The van der Waals surface area contributed by atoms with Crippen molar-refractivity contribution in [3.8, 4) is 11.5 Å². The van der Waals surface area contributed by atoms with Crippen LogP contribution in [0.1, 0.15) is 62.2 Å². The molecule has 0 aromatic heterocycles. The van der Waals surface area contributed by atoms with E-state index in [1.165, 1.54) is 50.9 Å².